The van der Waals surface area contributed by atoms with Gasteiger partial charge >= 0.3 is 0 Å². The van der Waals surface area contributed by atoms with E-state index in [-0.39, 0.29) is 17.4 Å². The monoisotopic (exact) mass is 421 g/mol. The summed E-state index contributed by atoms with van der Waals surface area (Å²) in [6, 6.07) is 10.7. The molecule has 22 heavy (non-hydrogen) atoms. The molecule has 0 aromatic heterocycles. The molecule has 0 unspecified atom stereocenters. The molecule has 0 saturated carbocycles. The summed E-state index contributed by atoms with van der Waals surface area (Å²) in [6.45, 7) is 0. The van der Waals surface area contributed by atoms with Gasteiger partial charge in [-0.1, -0.05) is 34.1 Å². The number of fused-ring (bicyclic) bond motifs is 1. The van der Waals surface area contributed by atoms with Gasteiger partial charge in [-0.15, -0.1) is 5.10 Å². The van der Waals surface area contributed by atoms with Crippen molar-refractivity contribution in [3.63, 3.8) is 0 Å². The van der Waals surface area contributed by atoms with E-state index in [4.69, 9.17) is 0 Å². The third-order valence-corrected chi connectivity index (χ3v) is 4.12. The summed E-state index contributed by atoms with van der Waals surface area (Å²) in [5.41, 5.74) is 2.16. The standard InChI is InChI=1S/C15H9Br2N3O2/c16-9-5-8(14(21)11(17)6-9)7-18-20-13-10-3-1-2-4-12(10)19-15(13)22/h1-7,21H,(H,19,20,22)/b18-7+. The molecule has 2 N–H and O–H groups in total. The van der Waals surface area contributed by atoms with E-state index >= 15 is 0 Å². The number of phenolic OH excluding ortho intramolecular Hbond substituents is 1. The predicted octanol–water partition coefficient (Wildman–Crippen LogP) is 3.69. The number of rotatable bonds is 2. The lowest BCUT2D eigenvalue weighted by Crippen LogP contribution is -2.13. The van der Waals surface area contributed by atoms with Crippen molar-refractivity contribution in [1.29, 1.82) is 0 Å². The number of halogens is 2. The molecule has 0 radical (unpaired) electrons. The molecule has 1 aliphatic heterocycles. The minimum atomic E-state index is -0.294. The average Bonchev–Trinajstić information content (AvgIpc) is 2.80. The first-order valence-electron chi connectivity index (χ1n) is 6.26. The first-order chi connectivity index (χ1) is 10.6. The molecule has 2 aromatic carbocycles. The normalized spacial score (nSPS) is 15.4. The Labute approximate surface area is 143 Å². The van der Waals surface area contributed by atoms with Crippen LogP contribution in [0.2, 0.25) is 0 Å². The van der Waals surface area contributed by atoms with Crippen LogP contribution in [0.5, 0.6) is 5.75 Å². The van der Waals surface area contributed by atoms with Gasteiger partial charge in [-0.05, 0) is 34.1 Å². The molecule has 5 nitrogen and oxygen atoms in total. The number of benzene rings is 2. The number of phenols is 1. The number of para-hydroxylation sites is 1. The zero-order valence-electron chi connectivity index (χ0n) is 11.0. The van der Waals surface area contributed by atoms with Gasteiger partial charge in [-0.3, -0.25) is 4.79 Å². The summed E-state index contributed by atoms with van der Waals surface area (Å²) in [5, 5.41) is 20.5. The summed E-state index contributed by atoms with van der Waals surface area (Å²) >= 11 is 6.58. The molecule has 0 spiro atoms. The summed E-state index contributed by atoms with van der Waals surface area (Å²) in [6.07, 6.45) is 1.39. The number of hydrogen-bond acceptors (Lipinski definition) is 4. The van der Waals surface area contributed by atoms with Crippen LogP contribution in [0.4, 0.5) is 5.69 Å². The lowest BCUT2D eigenvalue weighted by molar-refractivity contribution is -0.110. The zero-order valence-corrected chi connectivity index (χ0v) is 14.2. The van der Waals surface area contributed by atoms with Crippen LogP contribution in [0.15, 0.2) is 55.5 Å². The van der Waals surface area contributed by atoms with Gasteiger partial charge in [-0.25, -0.2) is 0 Å². The highest BCUT2D eigenvalue weighted by atomic mass is 79.9. The fourth-order valence-electron chi connectivity index (χ4n) is 2.03. The van der Waals surface area contributed by atoms with Gasteiger partial charge in [0.25, 0.3) is 5.91 Å². The Morgan fingerprint density at radius 1 is 1.18 bits per heavy atom. The molecule has 0 atom stereocenters. The number of hydrogen-bond donors (Lipinski definition) is 2. The molecule has 0 aliphatic carbocycles. The fraction of sp³-hybridized carbons (Fsp3) is 0. The summed E-state index contributed by atoms with van der Waals surface area (Å²) in [5.74, 6) is -0.235. The topological polar surface area (TPSA) is 74.0 Å². The average molecular weight is 423 g/mol. The first-order valence-corrected chi connectivity index (χ1v) is 7.84. The van der Waals surface area contributed by atoms with Gasteiger partial charge in [-0.2, -0.15) is 5.10 Å². The highest BCUT2D eigenvalue weighted by Crippen LogP contribution is 2.30. The van der Waals surface area contributed by atoms with Crippen molar-refractivity contribution in [2.24, 2.45) is 10.2 Å². The van der Waals surface area contributed by atoms with E-state index in [0.717, 1.165) is 10.2 Å². The zero-order chi connectivity index (χ0) is 15.7. The van der Waals surface area contributed by atoms with E-state index in [9.17, 15) is 9.90 Å². The van der Waals surface area contributed by atoms with Crippen LogP contribution in [0, 0.1) is 0 Å². The van der Waals surface area contributed by atoms with Crippen molar-refractivity contribution in [1.82, 2.24) is 0 Å². The van der Waals surface area contributed by atoms with Crippen molar-refractivity contribution in [2.45, 2.75) is 0 Å². The quantitative estimate of drug-likeness (QED) is 0.572. The number of nitrogens with zero attached hydrogens (tertiary/aromatic N) is 2. The van der Waals surface area contributed by atoms with Crippen LogP contribution in [-0.2, 0) is 4.79 Å². The Morgan fingerprint density at radius 2 is 1.95 bits per heavy atom. The van der Waals surface area contributed by atoms with E-state index in [1.54, 1.807) is 24.3 Å². The highest BCUT2D eigenvalue weighted by Gasteiger charge is 2.25. The number of anilines is 1. The molecule has 2 aromatic rings. The Morgan fingerprint density at radius 3 is 2.77 bits per heavy atom. The van der Waals surface area contributed by atoms with E-state index < -0.39 is 0 Å². The third kappa shape index (κ3) is 2.82. The fourth-order valence-corrected chi connectivity index (χ4v) is 3.29. The van der Waals surface area contributed by atoms with Gasteiger partial charge < -0.3 is 10.4 Å². The van der Waals surface area contributed by atoms with Crippen molar-refractivity contribution in [2.75, 3.05) is 5.32 Å². The second-order valence-electron chi connectivity index (χ2n) is 4.52. The van der Waals surface area contributed by atoms with Crippen LogP contribution >= 0.6 is 31.9 Å². The number of carbonyl (C=O) groups is 1. The highest BCUT2D eigenvalue weighted by molar-refractivity contribution is 9.11. The van der Waals surface area contributed by atoms with Crippen LogP contribution in [0.1, 0.15) is 11.1 Å². The van der Waals surface area contributed by atoms with Crippen LogP contribution in [0.3, 0.4) is 0 Å². The SMILES string of the molecule is O=C1Nc2ccccc2/C1=N\N=C\c1cc(Br)cc(Br)c1O. The molecule has 1 amide bonds. The van der Waals surface area contributed by atoms with Crippen molar-refractivity contribution < 1.29 is 9.90 Å². The lowest BCUT2D eigenvalue weighted by atomic mass is 10.1. The minimum absolute atomic E-state index is 0.0587. The van der Waals surface area contributed by atoms with Crippen LogP contribution in [0.25, 0.3) is 0 Å². The van der Waals surface area contributed by atoms with Gasteiger partial charge in [0.2, 0.25) is 0 Å². The number of amides is 1. The maximum Gasteiger partial charge on any atom is 0.276 e. The summed E-state index contributed by atoms with van der Waals surface area (Å²) in [4.78, 5) is 11.9. The Kier molecular flexibility index (Phi) is 4.08. The van der Waals surface area contributed by atoms with Gasteiger partial charge in [0.05, 0.1) is 16.4 Å². The van der Waals surface area contributed by atoms with E-state index in [1.165, 1.54) is 6.21 Å². The molecule has 7 heteroatoms. The van der Waals surface area contributed by atoms with Crippen molar-refractivity contribution >= 4 is 55.4 Å². The maximum atomic E-state index is 11.9. The first kappa shape index (κ1) is 14.9. The number of carbonyl (C=O) groups excluding carboxylic acids is 1. The maximum absolute atomic E-state index is 11.9. The number of nitrogens with one attached hydrogen (secondary N) is 1. The Hall–Kier alpha value is -1.99. The summed E-state index contributed by atoms with van der Waals surface area (Å²) in [7, 11) is 0. The van der Waals surface area contributed by atoms with E-state index in [2.05, 4.69) is 47.4 Å². The van der Waals surface area contributed by atoms with Crippen LogP contribution in [-0.4, -0.2) is 22.9 Å². The largest absolute Gasteiger partial charge is 0.506 e. The molecule has 0 saturated heterocycles. The Bertz CT molecular complexity index is 832. The summed E-state index contributed by atoms with van der Waals surface area (Å²) < 4.78 is 1.33. The second kappa shape index (κ2) is 6.02. The number of aromatic hydroxyl groups is 1. The second-order valence-corrected chi connectivity index (χ2v) is 6.29. The molecule has 0 bridgehead atoms. The lowest BCUT2D eigenvalue weighted by Gasteiger charge is -2.01. The third-order valence-electron chi connectivity index (χ3n) is 3.06. The van der Waals surface area contributed by atoms with Gasteiger partial charge in [0, 0.05) is 15.6 Å². The molecule has 110 valence electrons. The molecule has 1 aliphatic rings. The molecular formula is C15H9Br2N3O2. The van der Waals surface area contributed by atoms with Crippen LogP contribution < -0.4 is 5.32 Å². The van der Waals surface area contributed by atoms with Crippen molar-refractivity contribution in [3.05, 3.63) is 56.5 Å². The smallest absolute Gasteiger partial charge is 0.276 e. The van der Waals surface area contributed by atoms with E-state index in [1.807, 2.05) is 12.1 Å². The minimum Gasteiger partial charge on any atom is -0.506 e. The van der Waals surface area contributed by atoms with Gasteiger partial charge in [0.15, 0.2) is 5.71 Å². The Balaban J connectivity index is 1.93. The molecule has 0 fully saturated rings. The van der Waals surface area contributed by atoms with E-state index in [0.29, 0.717) is 15.6 Å². The molecular weight excluding hydrogens is 414 g/mol. The molecule has 3 rings (SSSR count). The van der Waals surface area contributed by atoms with Crippen molar-refractivity contribution in [3.8, 4) is 5.75 Å². The molecule has 1 heterocycles. The predicted molar refractivity (Wildman–Crippen MR) is 92.7 cm³/mol. The van der Waals surface area contributed by atoms with Gasteiger partial charge in [0.1, 0.15) is 5.75 Å².